The summed E-state index contributed by atoms with van der Waals surface area (Å²) in [5.74, 6) is 0.0988. The third kappa shape index (κ3) is 4.72. The number of fused-ring (bicyclic) bond motifs is 1. The molecule has 0 spiro atoms. The predicted octanol–water partition coefficient (Wildman–Crippen LogP) is 6.63. The lowest BCUT2D eigenvalue weighted by Gasteiger charge is -2.30. The summed E-state index contributed by atoms with van der Waals surface area (Å²) in [5, 5.41) is 6.78. The van der Waals surface area contributed by atoms with Crippen molar-refractivity contribution in [1.29, 1.82) is 0 Å². The zero-order valence-corrected chi connectivity index (χ0v) is 19.6. The van der Waals surface area contributed by atoms with Crippen LogP contribution in [0.15, 0.2) is 53.9 Å². The van der Waals surface area contributed by atoms with E-state index in [0.29, 0.717) is 40.9 Å². The number of pyridine rings is 1. The molecule has 5 rings (SSSR count). The van der Waals surface area contributed by atoms with Crippen molar-refractivity contribution in [2.75, 3.05) is 6.54 Å². The van der Waals surface area contributed by atoms with Gasteiger partial charge in [0.15, 0.2) is 0 Å². The molecule has 0 radical (unpaired) electrons. The molecule has 37 heavy (non-hydrogen) atoms. The van der Waals surface area contributed by atoms with Gasteiger partial charge in [-0.05, 0) is 54.5 Å². The van der Waals surface area contributed by atoms with Crippen LogP contribution in [0.1, 0.15) is 46.3 Å². The topological polar surface area (TPSA) is 63.6 Å². The summed E-state index contributed by atoms with van der Waals surface area (Å²) in [7, 11) is 0. The Morgan fingerprint density at radius 2 is 1.84 bits per heavy atom. The van der Waals surface area contributed by atoms with Crippen molar-refractivity contribution in [1.82, 2.24) is 10.3 Å². The minimum absolute atomic E-state index is 0.146. The fourth-order valence-electron chi connectivity index (χ4n) is 4.33. The summed E-state index contributed by atoms with van der Waals surface area (Å²) in [4.78, 5) is 21.7. The highest BCUT2D eigenvalue weighted by atomic mass is 35.5. The van der Waals surface area contributed by atoms with Gasteiger partial charge in [0.25, 0.3) is 11.5 Å². The van der Waals surface area contributed by atoms with Gasteiger partial charge in [-0.1, -0.05) is 22.8 Å². The van der Waals surface area contributed by atoms with Gasteiger partial charge in [0.1, 0.15) is 0 Å². The van der Waals surface area contributed by atoms with E-state index in [4.69, 9.17) is 16.4 Å². The van der Waals surface area contributed by atoms with E-state index in [1.807, 2.05) is 0 Å². The lowest BCUT2D eigenvalue weighted by molar-refractivity contribution is -0.276. The van der Waals surface area contributed by atoms with E-state index in [1.165, 1.54) is 30.6 Å². The Morgan fingerprint density at radius 3 is 2.51 bits per heavy atom. The number of amides is 1. The lowest BCUT2D eigenvalue weighted by atomic mass is 9.84. The zero-order chi connectivity index (χ0) is 26.6. The molecule has 1 N–H and O–H groups in total. The van der Waals surface area contributed by atoms with Crippen molar-refractivity contribution in [3.8, 4) is 0 Å². The molecule has 5 nitrogen and oxygen atoms in total. The maximum Gasteiger partial charge on any atom is 0.435 e. The number of aromatic nitrogens is 1. The Hall–Kier alpha value is -3.34. The molecule has 1 atom stereocenters. The van der Waals surface area contributed by atoms with Crippen molar-refractivity contribution in [2.45, 2.75) is 37.2 Å². The Labute approximate surface area is 211 Å². The molecule has 2 heterocycles. The first-order chi connectivity index (χ1) is 17.4. The summed E-state index contributed by atoms with van der Waals surface area (Å²) < 4.78 is 83.2. The van der Waals surface area contributed by atoms with Crippen LogP contribution in [0.2, 0.25) is 5.02 Å². The Kier molecular flexibility index (Phi) is 6.09. The summed E-state index contributed by atoms with van der Waals surface area (Å²) >= 11 is 5.77. The third-order valence-electron chi connectivity index (χ3n) is 6.50. The SMILES string of the molecule is O=C(NCC1CC1)c1ccc(C2=NOC(c3cc(Cl)cc(C(F)(F)F)c3)(C(F)(F)F)C2)c2ccncc12. The van der Waals surface area contributed by atoms with E-state index in [9.17, 15) is 31.1 Å². The number of halogens is 7. The molecule has 3 aromatic rings. The molecule has 12 heteroatoms. The second-order valence-corrected chi connectivity index (χ2v) is 9.53. The number of rotatable bonds is 5. The van der Waals surface area contributed by atoms with Crippen LogP contribution >= 0.6 is 11.6 Å². The van der Waals surface area contributed by atoms with Crippen LogP contribution < -0.4 is 5.32 Å². The van der Waals surface area contributed by atoms with E-state index >= 15 is 0 Å². The van der Waals surface area contributed by atoms with Crippen LogP contribution in [0.5, 0.6) is 0 Å². The quantitative estimate of drug-likeness (QED) is 0.369. The van der Waals surface area contributed by atoms with E-state index in [0.717, 1.165) is 18.9 Å². The fourth-order valence-corrected chi connectivity index (χ4v) is 4.56. The van der Waals surface area contributed by atoms with Gasteiger partial charge < -0.3 is 10.2 Å². The standard InChI is InChI=1S/C25H18ClF6N3O2/c26-16-8-14(7-15(9-16)24(27,28)29)23(25(30,31)32)10-21(35-37-23)18-3-4-19(20-12-33-6-5-17(18)20)22(36)34-11-13-1-2-13/h3-9,12-13H,1-2,10-11H2,(H,34,36). The Balaban J connectivity index is 1.54. The average Bonchev–Trinajstić information content (AvgIpc) is 3.55. The average molecular weight is 542 g/mol. The van der Waals surface area contributed by atoms with Crippen LogP contribution in [-0.2, 0) is 16.6 Å². The monoisotopic (exact) mass is 541 g/mol. The predicted molar refractivity (Wildman–Crippen MR) is 123 cm³/mol. The van der Waals surface area contributed by atoms with Gasteiger partial charge in [-0.2, -0.15) is 26.3 Å². The van der Waals surface area contributed by atoms with Crippen LogP contribution in [0, 0.1) is 5.92 Å². The van der Waals surface area contributed by atoms with Gasteiger partial charge in [-0.15, -0.1) is 0 Å². The van der Waals surface area contributed by atoms with Crippen molar-refractivity contribution >= 4 is 34.0 Å². The number of hydrogen-bond acceptors (Lipinski definition) is 4. The number of nitrogens with one attached hydrogen (secondary N) is 1. The van der Waals surface area contributed by atoms with E-state index in [1.54, 1.807) is 0 Å². The minimum Gasteiger partial charge on any atom is -0.374 e. The number of nitrogens with zero attached hydrogens (tertiary/aromatic N) is 2. The van der Waals surface area contributed by atoms with Crippen LogP contribution in [0.3, 0.4) is 0 Å². The zero-order valence-electron chi connectivity index (χ0n) is 18.9. The largest absolute Gasteiger partial charge is 0.435 e. The second-order valence-electron chi connectivity index (χ2n) is 9.09. The summed E-state index contributed by atoms with van der Waals surface area (Å²) in [5.41, 5.74) is -4.96. The summed E-state index contributed by atoms with van der Waals surface area (Å²) in [6, 6.07) is 6.13. The number of benzene rings is 2. The number of alkyl halides is 6. The molecule has 1 saturated carbocycles. The number of carbonyl (C=O) groups is 1. The summed E-state index contributed by atoms with van der Waals surface area (Å²) in [6.07, 6.45) is -6.04. The van der Waals surface area contributed by atoms with Gasteiger partial charge in [0.2, 0.25) is 0 Å². The molecule has 1 aromatic heterocycles. The molecule has 0 bridgehead atoms. The smallest absolute Gasteiger partial charge is 0.374 e. The first-order valence-corrected chi connectivity index (χ1v) is 11.6. The van der Waals surface area contributed by atoms with Crippen molar-refractivity contribution < 1.29 is 36.0 Å². The molecule has 1 amide bonds. The number of oxime groups is 1. The van der Waals surface area contributed by atoms with E-state index in [2.05, 4.69) is 15.5 Å². The third-order valence-corrected chi connectivity index (χ3v) is 6.72. The molecule has 1 aliphatic carbocycles. The molecule has 2 aromatic carbocycles. The van der Waals surface area contributed by atoms with Gasteiger partial charge in [0, 0.05) is 52.5 Å². The van der Waals surface area contributed by atoms with Crippen LogP contribution in [-0.4, -0.2) is 29.3 Å². The van der Waals surface area contributed by atoms with Crippen molar-refractivity contribution in [3.63, 3.8) is 0 Å². The molecule has 1 fully saturated rings. The van der Waals surface area contributed by atoms with Crippen molar-refractivity contribution in [2.24, 2.45) is 11.1 Å². The minimum atomic E-state index is -5.13. The highest BCUT2D eigenvalue weighted by molar-refractivity contribution is 6.30. The first kappa shape index (κ1) is 25.3. The maximum atomic E-state index is 14.4. The van der Waals surface area contributed by atoms with Crippen LogP contribution in [0.25, 0.3) is 10.8 Å². The van der Waals surface area contributed by atoms with Gasteiger partial charge >= 0.3 is 12.4 Å². The van der Waals surface area contributed by atoms with Crippen LogP contribution in [0.4, 0.5) is 26.3 Å². The Bertz CT molecular complexity index is 1420. The molecular weight excluding hydrogens is 524 g/mol. The normalized spacial score (nSPS) is 20.0. The molecule has 0 saturated heterocycles. The number of carbonyl (C=O) groups excluding carboxylic acids is 1. The molecular formula is C25H18ClF6N3O2. The fraction of sp³-hybridized carbons (Fsp3) is 0.320. The number of hydrogen-bond donors (Lipinski definition) is 1. The van der Waals surface area contributed by atoms with Crippen molar-refractivity contribution in [3.05, 3.63) is 76.1 Å². The van der Waals surface area contributed by atoms with Gasteiger partial charge in [-0.3, -0.25) is 9.78 Å². The second kappa shape index (κ2) is 8.90. The molecule has 194 valence electrons. The maximum absolute atomic E-state index is 14.4. The highest BCUT2D eigenvalue weighted by Crippen LogP contribution is 2.50. The van der Waals surface area contributed by atoms with Gasteiger partial charge in [0.05, 0.1) is 11.3 Å². The molecule has 2 aliphatic rings. The molecule has 1 aliphatic heterocycles. The molecule has 1 unspecified atom stereocenters. The highest BCUT2D eigenvalue weighted by Gasteiger charge is 2.62. The van der Waals surface area contributed by atoms with Gasteiger partial charge in [-0.25, -0.2) is 0 Å². The summed E-state index contributed by atoms with van der Waals surface area (Å²) in [6.45, 7) is 0.524. The Morgan fingerprint density at radius 1 is 1.08 bits per heavy atom. The lowest BCUT2D eigenvalue weighted by Crippen LogP contribution is -2.43. The van der Waals surface area contributed by atoms with E-state index < -0.39 is 40.5 Å². The van der Waals surface area contributed by atoms with E-state index in [-0.39, 0.29) is 17.2 Å². The first-order valence-electron chi connectivity index (χ1n) is 11.2.